The molecule has 2 aromatic carbocycles. The Morgan fingerprint density at radius 1 is 1.21 bits per heavy atom. The van der Waals surface area contributed by atoms with Crippen LogP contribution in [-0.4, -0.2) is 41.1 Å². The van der Waals surface area contributed by atoms with E-state index in [0.29, 0.717) is 25.3 Å². The van der Waals surface area contributed by atoms with E-state index in [0.717, 1.165) is 22.6 Å². The third-order valence-corrected chi connectivity index (χ3v) is 5.72. The molecule has 9 heteroatoms. The zero-order valence-corrected chi connectivity index (χ0v) is 16.4. The number of carboxylic acids is 1. The smallest absolute Gasteiger partial charge is 0.419 e. The van der Waals surface area contributed by atoms with Gasteiger partial charge in [-0.15, -0.1) is 0 Å². The lowest BCUT2D eigenvalue weighted by Crippen LogP contribution is -2.49. The molecular weight excluding hydrogens is 408 g/mol. The lowest BCUT2D eigenvalue weighted by atomic mass is 10.1. The minimum Gasteiger partial charge on any atom is -0.481 e. The number of alkyl halides is 3. The number of carbonyl (C=O) groups is 1. The maximum absolute atomic E-state index is 13.9. The average molecular weight is 428 g/mol. The Hall–Kier alpha value is -2.26. The van der Waals surface area contributed by atoms with E-state index in [-0.39, 0.29) is 12.5 Å². The van der Waals surface area contributed by atoms with Crippen LogP contribution in [0.3, 0.4) is 0 Å². The minimum absolute atomic E-state index is 0.0328. The first-order valence-corrected chi connectivity index (χ1v) is 9.78. The van der Waals surface area contributed by atoms with Crippen LogP contribution in [-0.2, 0) is 17.4 Å². The standard InChI is InChI=1S/C20H20F4N2O2S/c1-13-12-25(29-16-4-2-3-14(9-16)10-19(27)28)7-8-26(13)15-5-6-17(18(21)11-15)20(22,23)24/h2-6,9,11,13H,7-8,10,12H2,1H3,(H,27,28). The SMILES string of the molecule is CC1CN(Sc2cccc(CC(=O)O)c2)CCN1c1ccc(C(F)(F)F)c(F)c1. The molecule has 2 aromatic rings. The number of halogens is 4. The molecule has 1 saturated heterocycles. The summed E-state index contributed by atoms with van der Waals surface area (Å²) in [5.74, 6) is -2.16. The van der Waals surface area contributed by atoms with Crippen LogP contribution in [0.4, 0.5) is 23.2 Å². The van der Waals surface area contributed by atoms with Gasteiger partial charge < -0.3 is 10.0 Å². The summed E-state index contributed by atoms with van der Waals surface area (Å²) in [6, 6.07) is 10.3. The summed E-state index contributed by atoms with van der Waals surface area (Å²) in [7, 11) is 0. The topological polar surface area (TPSA) is 43.8 Å². The van der Waals surface area contributed by atoms with Gasteiger partial charge in [0, 0.05) is 36.3 Å². The summed E-state index contributed by atoms with van der Waals surface area (Å²) >= 11 is 1.51. The third kappa shape index (κ3) is 5.42. The van der Waals surface area contributed by atoms with E-state index < -0.39 is 23.5 Å². The van der Waals surface area contributed by atoms with Crippen molar-refractivity contribution in [3.05, 3.63) is 59.4 Å². The van der Waals surface area contributed by atoms with Crippen molar-refractivity contribution >= 4 is 23.6 Å². The lowest BCUT2D eigenvalue weighted by molar-refractivity contribution is -0.140. The molecule has 4 nitrogen and oxygen atoms in total. The summed E-state index contributed by atoms with van der Waals surface area (Å²) < 4.78 is 54.3. The number of piperazine rings is 1. The fraction of sp³-hybridized carbons (Fsp3) is 0.350. The van der Waals surface area contributed by atoms with Crippen LogP contribution in [0.5, 0.6) is 0 Å². The van der Waals surface area contributed by atoms with Gasteiger partial charge in [0.05, 0.1) is 12.0 Å². The molecule has 1 fully saturated rings. The molecule has 1 atom stereocenters. The van der Waals surface area contributed by atoms with Crippen molar-refractivity contribution < 1.29 is 27.5 Å². The highest BCUT2D eigenvalue weighted by Crippen LogP contribution is 2.34. The molecule has 29 heavy (non-hydrogen) atoms. The van der Waals surface area contributed by atoms with E-state index in [2.05, 4.69) is 4.31 Å². The summed E-state index contributed by atoms with van der Waals surface area (Å²) in [6.07, 6.45) is -4.75. The summed E-state index contributed by atoms with van der Waals surface area (Å²) in [6.45, 7) is 3.72. The Labute approximate surface area is 170 Å². The highest BCUT2D eigenvalue weighted by Gasteiger charge is 2.34. The van der Waals surface area contributed by atoms with Gasteiger partial charge in [-0.1, -0.05) is 12.1 Å². The fourth-order valence-corrected chi connectivity index (χ4v) is 4.44. The second kappa shape index (κ2) is 8.62. The van der Waals surface area contributed by atoms with E-state index in [1.54, 1.807) is 6.07 Å². The Kier molecular flexibility index (Phi) is 6.38. The summed E-state index contributed by atoms with van der Waals surface area (Å²) in [4.78, 5) is 13.7. The lowest BCUT2D eigenvalue weighted by Gasteiger charge is -2.40. The number of nitrogens with zero attached hydrogens (tertiary/aromatic N) is 2. The summed E-state index contributed by atoms with van der Waals surface area (Å²) in [5.41, 5.74) is -0.116. The summed E-state index contributed by atoms with van der Waals surface area (Å²) in [5, 5.41) is 8.92. The Morgan fingerprint density at radius 2 is 1.97 bits per heavy atom. The molecule has 1 aliphatic rings. The molecule has 1 N–H and O–H groups in total. The zero-order chi connectivity index (χ0) is 21.2. The van der Waals surface area contributed by atoms with Crippen LogP contribution in [0.2, 0.25) is 0 Å². The molecule has 0 bridgehead atoms. The van der Waals surface area contributed by atoms with Crippen molar-refractivity contribution in [2.75, 3.05) is 24.5 Å². The predicted molar refractivity (Wildman–Crippen MR) is 103 cm³/mol. The second-order valence-corrected chi connectivity index (χ2v) is 8.07. The number of hydrogen-bond acceptors (Lipinski definition) is 4. The number of benzene rings is 2. The van der Waals surface area contributed by atoms with Gasteiger partial charge in [0.2, 0.25) is 0 Å². The first kappa shape index (κ1) is 21.4. The van der Waals surface area contributed by atoms with Crippen LogP contribution in [0.1, 0.15) is 18.1 Å². The molecular formula is C20H20F4N2O2S. The van der Waals surface area contributed by atoms with Crippen LogP contribution in [0, 0.1) is 5.82 Å². The molecule has 0 aromatic heterocycles. The molecule has 1 heterocycles. The molecule has 3 rings (SSSR count). The van der Waals surface area contributed by atoms with Crippen LogP contribution in [0.15, 0.2) is 47.4 Å². The van der Waals surface area contributed by atoms with E-state index >= 15 is 0 Å². The highest BCUT2D eigenvalue weighted by molar-refractivity contribution is 7.97. The van der Waals surface area contributed by atoms with Crippen molar-refractivity contribution in [2.24, 2.45) is 0 Å². The van der Waals surface area contributed by atoms with Crippen molar-refractivity contribution in [1.29, 1.82) is 0 Å². The van der Waals surface area contributed by atoms with Crippen molar-refractivity contribution in [3.63, 3.8) is 0 Å². The van der Waals surface area contributed by atoms with Crippen LogP contribution in [0.25, 0.3) is 0 Å². The Morgan fingerprint density at radius 3 is 2.59 bits per heavy atom. The molecule has 156 valence electrons. The first-order valence-electron chi connectivity index (χ1n) is 9.00. The van der Waals surface area contributed by atoms with Crippen molar-refractivity contribution in [2.45, 2.75) is 30.5 Å². The largest absolute Gasteiger partial charge is 0.481 e. The molecule has 1 unspecified atom stereocenters. The Bertz CT molecular complexity index is 891. The predicted octanol–water partition coefficient (Wildman–Crippen LogP) is 4.69. The minimum atomic E-state index is -4.71. The number of carboxylic acid groups (broad SMARTS) is 1. The van der Waals surface area contributed by atoms with Gasteiger partial charge >= 0.3 is 12.1 Å². The number of anilines is 1. The fourth-order valence-electron chi connectivity index (χ4n) is 3.34. The molecule has 0 spiro atoms. The molecule has 0 aliphatic carbocycles. The molecule has 0 amide bonds. The molecule has 0 saturated carbocycles. The second-order valence-electron chi connectivity index (χ2n) is 6.90. The van der Waals surface area contributed by atoms with Crippen LogP contribution >= 0.6 is 11.9 Å². The monoisotopic (exact) mass is 428 g/mol. The van der Waals surface area contributed by atoms with Gasteiger partial charge in [-0.25, -0.2) is 8.70 Å². The highest BCUT2D eigenvalue weighted by atomic mass is 32.2. The quantitative estimate of drug-likeness (QED) is 0.553. The van der Waals surface area contributed by atoms with E-state index in [1.165, 1.54) is 18.0 Å². The number of aliphatic carboxylic acids is 1. The normalized spacial score (nSPS) is 18.1. The van der Waals surface area contributed by atoms with Crippen LogP contribution < -0.4 is 4.90 Å². The van der Waals surface area contributed by atoms with Gasteiger partial charge in [0.15, 0.2) is 0 Å². The average Bonchev–Trinajstić information content (AvgIpc) is 2.60. The Balaban J connectivity index is 1.65. The van der Waals surface area contributed by atoms with Gasteiger partial charge in [0.1, 0.15) is 5.82 Å². The van der Waals surface area contributed by atoms with E-state index in [9.17, 15) is 22.4 Å². The van der Waals surface area contributed by atoms with Crippen molar-refractivity contribution in [1.82, 2.24) is 4.31 Å². The molecule has 1 aliphatic heterocycles. The van der Waals surface area contributed by atoms with Crippen molar-refractivity contribution in [3.8, 4) is 0 Å². The van der Waals surface area contributed by atoms with Gasteiger partial charge in [-0.2, -0.15) is 13.2 Å². The third-order valence-electron chi connectivity index (χ3n) is 4.67. The maximum atomic E-state index is 13.9. The van der Waals surface area contributed by atoms with Gasteiger partial charge in [-0.3, -0.25) is 4.79 Å². The van der Waals surface area contributed by atoms with E-state index in [1.807, 2.05) is 30.0 Å². The maximum Gasteiger partial charge on any atom is 0.419 e. The zero-order valence-electron chi connectivity index (χ0n) is 15.6. The van der Waals surface area contributed by atoms with E-state index in [4.69, 9.17) is 5.11 Å². The first-order chi connectivity index (χ1) is 13.6. The number of rotatable bonds is 5. The molecule has 0 radical (unpaired) electrons. The van der Waals surface area contributed by atoms with Gasteiger partial charge in [0.25, 0.3) is 0 Å². The van der Waals surface area contributed by atoms with Gasteiger partial charge in [-0.05, 0) is 54.8 Å². The number of hydrogen-bond donors (Lipinski definition) is 1.